The molecule has 0 spiro atoms. The predicted molar refractivity (Wildman–Crippen MR) is 63.5 cm³/mol. The number of aliphatic hydroxyl groups excluding tert-OH is 1. The zero-order chi connectivity index (χ0) is 12.5. The standard InChI is InChI=1S/C12H19N3O2/c1-9-5-10(2)15(14-9)6-11(17)13-7-12(8-16)3-4-12/h5,16H,3-4,6-8H2,1-2H3,(H,13,17). The van der Waals surface area contributed by atoms with Crippen LogP contribution in [0.5, 0.6) is 0 Å². The largest absolute Gasteiger partial charge is 0.396 e. The fraction of sp³-hybridized carbons (Fsp3) is 0.667. The number of amides is 1. The lowest BCUT2D eigenvalue weighted by Crippen LogP contribution is -2.34. The quantitative estimate of drug-likeness (QED) is 0.778. The minimum atomic E-state index is -0.0454. The molecule has 1 aromatic rings. The van der Waals surface area contributed by atoms with E-state index in [4.69, 9.17) is 5.11 Å². The Hall–Kier alpha value is -1.36. The molecule has 0 atom stereocenters. The lowest BCUT2D eigenvalue weighted by molar-refractivity contribution is -0.122. The monoisotopic (exact) mass is 237 g/mol. The summed E-state index contributed by atoms with van der Waals surface area (Å²) >= 11 is 0. The Labute approximate surface area is 101 Å². The van der Waals surface area contributed by atoms with E-state index in [2.05, 4.69) is 10.4 Å². The maximum atomic E-state index is 11.7. The smallest absolute Gasteiger partial charge is 0.241 e. The maximum Gasteiger partial charge on any atom is 0.241 e. The van der Waals surface area contributed by atoms with Gasteiger partial charge in [-0.05, 0) is 32.8 Å². The van der Waals surface area contributed by atoms with Gasteiger partial charge in [0.05, 0.1) is 12.3 Å². The van der Waals surface area contributed by atoms with E-state index in [0.717, 1.165) is 24.2 Å². The molecule has 17 heavy (non-hydrogen) atoms. The highest BCUT2D eigenvalue weighted by molar-refractivity contribution is 5.75. The predicted octanol–water partition coefficient (Wildman–Crippen LogP) is 0.389. The van der Waals surface area contributed by atoms with Crippen LogP contribution in [0.25, 0.3) is 0 Å². The summed E-state index contributed by atoms with van der Waals surface area (Å²) in [4.78, 5) is 11.7. The average Bonchev–Trinajstić information content (AvgIpc) is 2.99. The molecular formula is C12H19N3O2. The summed E-state index contributed by atoms with van der Waals surface area (Å²) in [6.07, 6.45) is 2.01. The molecule has 2 N–H and O–H groups in total. The van der Waals surface area contributed by atoms with Crippen molar-refractivity contribution >= 4 is 5.91 Å². The Morgan fingerprint density at radius 3 is 2.76 bits per heavy atom. The van der Waals surface area contributed by atoms with Gasteiger partial charge in [-0.25, -0.2) is 0 Å². The van der Waals surface area contributed by atoms with E-state index in [0.29, 0.717) is 6.54 Å². The van der Waals surface area contributed by atoms with Crippen LogP contribution in [0.2, 0.25) is 0 Å². The first-order chi connectivity index (χ1) is 8.04. The summed E-state index contributed by atoms with van der Waals surface area (Å²) in [5.74, 6) is -0.0454. The van der Waals surface area contributed by atoms with Crippen molar-refractivity contribution in [3.8, 4) is 0 Å². The van der Waals surface area contributed by atoms with Gasteiger partial charge in [-0.1, -0.05) is 0 Å². The molecule has 5 nitrogen and oxygen atoms in total. The zero-order valence-electron chi connectivity index (χ0n) is 10.4. The number of hydrogen-bond acceptors (Lipinski definition) is 3. The minimum Gasteiger partial charge on any atom is -0.396 e. The SMILES string of the molecule is Cc1cc(C)n(CC(=O)NCC2(CO)CC2)n1. The lowest BCUT2D eigenvalue weighted by Gasteiger charge is -2.13. The number of aryl methyl sites for hydroxylation is 2. The molecule has 0 aromatic carbocycles. The maximum absolute atomic E-state index is 11.7. The van der Waals surface area contributed by atoms with E-state index < -0.39 is 0 Å². The van der Waals surface area contributed by atoms with Gasteiger partial charge in [0.1, 0.15) is 6.54 Å². The first kappa shape index (κ1) is 12.1. The minimum absolute atomic E-state index is 0.0370. The van der Waals surface area contributed by atoms with Crippen molar-refractivity contribution in [2.45, 2.75) is 33.2 Å². The zero-order valence-corrected chi connectivity index (χ0v) is 10.4. The van der Waals surface area contributed by atoms with Crippen LogP contribution in [0.1, 0.15) is 24.2 Å². The molecular weight excluding hydrogens is 218 g/mol. The van der Waals surface area contributed by atoms with Crippen LogP contribution in [-0.4, -0.2) is 33.9 Å². The van der Waals surface area contributed by atoms with Gasteiger partial charge < -0.3 is 10.4 Å². The molecule has 0 radical (unpaired) electrons. The number of carbonyl (C=O) groups excluding carboxylic acids is 1. The van der Waals surface area contributed by atoms with Crippen molar-refractivity contribution < 1.29 is 9.90 Å². The van der Waals surface area contributed by atoms with Crippen molar-refractivity contribution in [2.75, 3.05) is 13.2 Å². The Bertz CT molecular complexity index is 421. The highest BCUT2D eigenvalue weighted by atomic mass is 16.3. The molecule has 1 aliphatic carbocycles. The summed E-state index contributed by atoms with van der Waals surface area (Å²) in [6.45, 7) is 4.83. The van der Waals surface area contributed by atoms with E-state index in [-0.39, 0.29) is 24.5 Å². The molecule has 1 aliphatic rings. The Morgan fingerprint density at radius 1 is 1.59 bits per heavy atom. The van der Waals surface area contributed by atoms with Gasteiger partial charge >= 0.3 is 0 Å². The van der Waals surface area contributed by atoms with Gasteiger partial charge in [-0.3, -0.25) is 9.48 Å². The Morgan fingerprint density at radius 2 is 2.29 bits per heavy atom. The molecule has 0 saturated heterocycles. The fourth-order valence-electron chi connectivity index (χ4n) is 1.88. The first-order valence-electron chi connectivity index (χ1n) is 5.93. The van der Waals surface area contributed by atoms with Crippen molar-refractivity contribution in [1.29, 1.82) is 0 Å². The number of aromatic nitrogens is 2. The van der Waals surface area contributed by atoms with Crippen molar-refractivity contribution in [3.05, 3.63) is 17.5 Å². The van der Waals surface area contributed by atoms with Crippen LogP contribution >= 0.6 is 0 Å². The average molecular weight is 237 g/mol. The summed E-state index contributed by atoms with van der Waals surface area (Å²) in [5, 5.41) is 16.2. The van der Waals surface area contributed by atoms with E-state index in [1.165, 1.54) is 0 Å². The molecule has 1 aromatic heterocycles. The van der Waals surface area contributed by atoms with Gasteiger partial charge in [-0.2, -0.15) is 5.10 Å². The van der Waals surface area contributed by atoms with Crippen LogP contribution < -0.4 is 5.32 Å². The number of hydrogen-bond donors (Lipinski definition) is 2. The molecule has 1 amide bonds. The normalized spacial score (nSPS) is 16.9. The molecule has 1 heterocycles. The summed E-state index contributed by atoms with van der Waals surface area (Å²) in [7, 11) is 0. The van der Waals surface area contributed by atoms with Crippen molar-refractivity contribution in [2.24, 2.45) is 5.41 Å². The van der Waals surface area contributed by atoms with Crippen molar-refractivity contribution in [3.63, 3.8) is 0 Å². The molecule has 2 rings (SSSR count). The molecule has 0 aliphatic heterocycles. The van der Waals surface area contributed by atoms with Crippen LogP contribution in [0.15, 0.2) is 6.07 Å². The first-order valence-corrected chi connectivity index (χ1v) is 5.93. The van der Waals surface area contributed by atoms with Gasteiger partial charge in [0.15, 0.2) is 0 Å². The van der Waals surface area contributed by atoms with Crippen LogP contribution in [0.3, 0.4) is 0 Å². The molecule has 0 unspecified atom stereocenters. The van der Waals surface area contributed by atoms with Gasteiger partial charge in [0.2, 0.25) is 5.91 Å². The van der Waals surface area contributed by atoms with E-state index in [1.54, 1.807) is 4.68 Å². The third-order valence-corrected chi connectivity index (χ3v) is 3.35. The van der Waals surface area contributed by atoms with Gasteiger partial charge in [-0.15, -0.1) is 0 Å². The lowest BCUT2D eigenvalue weighted by atomic mass is 10.1. The molecule has 94 valence electrons. The molecule has 1 fully saturated rings. The highest BCUT2D eigenvalue weighted by Crippen LogP contribution is 2.44. The van der Waals surface area contributed by atoms with E-state index in [1.807, 2.05) is 19.9 Å². The number of nitrogens with zero attached hydrogens (tertiary/aromatic N) is 2. The Balaban J connectivity index is 1.83. The number of rotatable bonds is 5. The van der Waals surface area contributed by atoms with Crippen LogP contribution in [0.4, 0.5) is 0 Å². The van der Waals surface area contributed by atoms with Gasteiger partial charge in [0, 0.05) is 17.7 Å². The molecule has 1 saturated carbocycles. The van der Waals surface area contributed by atoms with Gasteiger partial charge in [0.25, 0.3) is 0 Å². The third kappa shape index (κ3) is 2.85. The van der Waals surface area contributed by atoms with E-state index in [9.17, 15) is 4.79 Å². The second kappa shape index (κ2) is 4.49. The second-order valence-corrected chi connectivity index (χ2v) is 5.02. The number of nitrogens with one attached hydrogen (secondary N) is 1. The van der Waals surface area contributed by atoms with Crippen LogP contribution in [-0.2, 0) is 11.3 Å². The summed E-state index contributed by atoms with van der Waals surface area (Å²) in [6, 6.07) is 1.95. The third-order valence-electron chi connectivity index (χ3n) is 3.35. The van der Waals surface area contributed by atoms with Crippen LogP contribution in [0, 0.1) is 19.3 Å². The molecule has 0 bridgehead atoms. The summed E-state index contributed by atoms with van der Waals surface area (Å²) < 4.78 is 1.70. The van der Waals surface area contributed by atoms with E-state index >= 15 is 0 Å². The number of carbonyl (C=O) groups is 1. The topological polar surface area (TPSA) is 67.2 Å². The highest BCUT2D eigenvalue weighted by Gasteiger charge is 2.42. The second-order valence-electron chi connectivity index (χ2n) is 5.02. The number of aliphatic hydroxyl groups is 1. The Kier molecular flexibility index (Phi) is 3.19. The fourth-order valence-corrected chi connectivity index (χ4v) is 1.88. The van der Waals surface area contributed by atoms with Crippen molar-refractivity contribution in [1.82, 2.24) is 15.1 Å². The molecule has 5 heteroatoms. The summed E-state index contributed by atoms with van der Waals surface area (Å²) in [5.41, 5.74) is 1.87.